The first-order valence-corrected chi connectivity index (χ1v) is 5.32. The lowest BCUT2D eigenvalue weighted by Crippen LogP contribution is -1.87. The van der Waals surface area contributed by atoms with Gasteiger partial charge >= 0.3 is 0 Å². The maximum Gasteiger partial charge on any atom is 0.269 e. The number of rotatable bonds is 4. The van der Waals surface area contributed by atoms with Crippen molar-refractivity contribution in [3.63, 3.8) is 0 Å². The molecular weight excluding hydrogens is 251 g/mol. The lowest BCUT2D eigenvalue weighted by Gasteiger charge is -1.98. The minimum absolute atomic E-state index is 0.00885. The highest BCUT2D eigenvalue weighted by Crippen LogP contribution is 2.18. The van der Waals surface area contributed by atoms with E-state index in [2.05, 4.69) is 15.8 Å². The average molecular weight is 260 g/mol. The Morgan fingerprint density at radius 3 is 2.26 bits per heavy atom. The molecule has 0 aromatic heterocycles. The van der Waals surface area contributed by atoms with Gasteiger partial charge in [-0.1, -0.05) is 5.22 Å². The fourth-order valence-corrected chi connectivity index (χ4v) is 1.31. The molecule has 0 saturated heterocycles. The zero-order valence-electron chi connectivity index (χ0n) is 9.65. The van der Waals surface area contributed by atoms with Gasteiger partial charge < -0.3 is 0 Å². The molecule has 0 atom stereocenters. The van der Waals surface area contributed by atoms with Crippen molar-refractivity contribution in [2.45, 2.75) is 0 Å². The van der Waals surface area contributed by atoms with Gasteiger partial charge in [-0.25, -0.2) is 4.39 Å². The first kappa shape index (κ1) is 12.6. The van der Waals surface area contributed by atoms with Crippen molar-refractivity contribution in [1.29, 1.82) is 0 Å². The van der Waals surface area contributed by atoms with Crippen LogP contribution >= 0.6 is 0 Å². The molecule has 1 N–H and O–H groups in total. The van der Waals surface area contributed by atoms with Gasteiger partial charge in [-0.15, -0.1) is 5.11 Å². The van der Waals surface area contributed by atoms with E-state index < -0.39 is 4.92 Å². The molecule has 0 unspecified atom stereocenters. The zero-order chi connectivity index (χ0) is 13.7. The number of halogens is 1. The third-order valence-corrected chi connectivity index (χ3v) is 2.25. The molecule has 2 aromatic carbocycles. The van der Waals surface area contributed by atoms with Crippen LogP contribution in [0.5, 0.6) is 0 Å². The monoisotopic (exact) mass is 260 g/mol. The Morgan fingerprint density at radius 2 is 1.68 bits per heavy atom. The minimum Gasteiger partial charge on any atom is -0.260 e. The molecular formula is C12H9FN4O2. The van der Waals surface area contributed by atoms with Crippen molar-refractivity contribution in [2.24, 2.45) is 10.3 Å². The topological polar surface area (TPSA) is 79.9 Å². The number of nitro groups is 1. The highest BCUT2D eigenvalue weighted by molar-refractivity contribution is 5.44. The second kappa shape index (κ2) is 5.67. The number of hydrogen-bond donors (Lipinski definition) is 1. The van der Waals surface area contributed by atoms with Crippen LogP contribution in [0.2, 0.25) is 0 Å². The van der Waals surface area contributed by atoms with E-state index in [-0.39, 0.29) is 11.5 Å². The van der Waals surface area contributed by atoms with E-state index in [0.29, 0.717) is 11.4 Å². The summed E-state index contributed by atoms with van der Waals surface area (Å²) >= 11 is 0. The van der Waals surface area contributed by atoms with Gasteiger partial charge in [0, 0.05) is 12.1 Å². The van der Waals surface area contributed by atoms with Crippen LogP contribution < -0.4 is 5.43 Å². The summed E-state index contributed by atoms with van der Waals surface area (Å²) in [5, 5.41) is 18.0. The Labute approximate surface area is 107 Å². The number of non-ortho nitro benzene ring substituents is 1. The third-order valence-electron chi connectivity index (χ3n) is 2.25. The lowest BCUT2D eigenvalue weighted by atomic mass is 10.3. The molecule has 19 heavy (non-hydrogen) atoms. The average Bonchev–Trinajstić information content (AvgIpc) is 2.41. The maximum atomic E-state index is 12.6. The van der Waals surface area contributed by atoms with E-state index in [1.54, 1.807) is 0 Å². The van der Waals surface area contributed by atoms with Crippen LogP contribution in [-0.4, -0.2) is 4.92 Å². The van der Waals surface area contributed by atoms with E-state index in [9.17, 15) is 14.5 Å². The largest absolute Gasteiger partial charge is 0.269 e. The summed E-state index contributed by atoms with van der Waals surface area (Å²) in [5.41, 5.74) is 3.67. The van der Waals surface area contributed by atoms with Crippen LogP contribution in [0.3, 0.4) is 0 Å². The fourth-order valence-electron chi connectivity index (χ4n) is 1.31. The number of benzene rings is 2. The van der Waals surface area contributed by atoms with Gasteiger partial charge in [-0.05, 0) is 36.4 Å². The van der Waals surface area contributed by atoms with Crippen molar-refractivity contribution < 1.29 is 9.31 Å². The standard InChI is InChI=1S/C12H9FN4O2/c13-9-1-3-10(4-2-9)14-16-15-11-5-7-12(8-6-11)17(18)19/h1-8H,(H,14,15). The zero-order valence-corrected chi connectivity index (χ0v) is 9.65. The lowest BCUT2D eigenvalue weighted by molar-refractivity contribution is -0.384. The number of hydrogen-bond acceptors (Lipinski definition) is 4. The number of nitrogens with zero attached hydrogens (tertiary/aromatic N) is 3. The SMILES string of the molecule is O=[N+]([O-])c1ccc(N=NNc2ccc(F)cc2)cc1. The predicted octanol–water partition coefficient (Wildman–Crippen LogP) is 3.84. The van der Waals surface area contributed by atoms with E-state index in [4.69, 9.17) is 0 Å². The molecule has 0 heterocycles. The summed E-state index contributed by atoms with van der Waals surface area (Å²) in [5.74, 6) is -0.335. The van der Waals surface area contributed by atoms with Gasteiger partial charge in [0.25, 0.3) is 5.69 Å². The first-order valence-electron chi connectivity index (χ1n) is 5.32. The summed E-state index contributed by atoms with van der Waals surface area (Å²) < 4.78 is 12.6. The van der Waals surface area contributed by atoms with Gasteiger partial charge in [0.2, 0.25) is 0 Å². The van der Waals surface area contributed by atoms with Crippen LogP contribution in [0.25, 0.3) is 0 Å². The highest BCUT2D eigenvalue weighted by atomic mass is 19.1. The van der Waals surface area contributed by atoms with Gasteiger partial charge in [-0.2, -0.15) is 0 Å². The molecule has 2 rings (SSSR count). The summed E-state index contributed by atoms with van der Waals surface area (Å²) in [6, 6.07) is 11.3. The molecule has 0 radical (unpaired) electrons. The Hall–Kier alpha value is -2.83. The Bertz CT molecular complexity index is 596. The Morgan fingerprint density at radius 1 is 1.05 bits per heavy atom. The highest BCUT2D eigenvalue weighted by Gasteiger charge is 2.02. The van der Waals surface area contributed by atoms with Crippen LogP contribution in [0, 0.1) is 15.9 Å². The Kier molecular flexibility index (Phi) is 3.77. The summed E-state index contributed by atoms with van der Waals surface area (Å²) in [4.78, 5) is 9.96. The second-order valence-corrected chi connectivity index (χ2v) is 3.59. The van der Waals surface area contributed by atoms with Crippen molar-refractivity contribution >= 4 is 17.1 Å². The number of nitrogens with one attached hydrogen (secondary N) is 1. The normalized spacial score (nSPS) is 10.6. The molecule has 0 bridgehead atoms. The number of nitro benzene ring substituents is 1. The molecule has 0 amide bonds. The van der Waals surface area contributed by atoms with Crippen LogP contribution in [0.15, 0.2) is 58.9 Å². The molecule has 2 aromatic rings. The quantitative estimate of drug-likeness (QED) is 0.515. The van der Waals surface area contributed by atoms with E-state index in [1.165, 1.54) is 48.5 Å². The smallest absolute Gasteiger partial charge is 0.260 e. The Balaban J connectivity index is 1.98. The summed E-state index contributed by atoms with van der Waals surface area (Å²) in [7, 11) is 0. The van der Waals surface area contributed by atoms with Crippen LogP contribution in [0.4, 0.5) is 21.5 Å². The van der Waals surface area contributed by atoms with Gasteiger partial charge in [-0.3, -0.25) is 15.5 Å². The summed E-state index contributed by atoms with van der Waals surface area (Å²) in [6.45, 7) is 0. The third kappa shape index (κ3) is 3.56. The van der Waals surface area contributed by atoms with Crippen molar-refractivity contribution in [3.8, 4) is 0 Å². The van der Waals surface area contributed by atoms with Crippen molar-refractivity contribution in [1.82, 2.24) is 0 Å². The number of anilines is 1. The molecule has 7 heteroatoms. The van der Waals surface area contributed by atoms with E-state index >= 15 is 0 Å². The first-order chi connectivity index (χ1) is 9.15. The van der Waals surface area contributed by atoms with Gasteiger partial charge in [0.15, 0.2) is 0 Å². The predicted molar refractivity (Wildman–Crippen MR) is 67.6 cm³/mol. The van der Waals surface area contributed by atoms with Crippen molar-refractivity contribution in [3.05, 3.63) is 64.5 Å². The molecule has 0 aliphatic heterocycles. The molecule has 6 nitrogen and oxygen atoms in total. The van der Waals surface area contributed by atoms with Gasteiger partial charge in [0.05, 0.1) is 16.3 Å². The van der Waals surface area contributed by atoms with Crippen LogP contribution in [0.1, 0.15) is 0 Å². The molecule has 0 aliphatic carbocycles. The minimum atomic E-state index is -0.488. The molecule has 0 spiro atoms. The van der Waals surface area contributed by atoms with E-state index in [0.717, 1.165) is 0 Å². The maximum absolute atomic E-state index is 12.6. The van der Waals surface area contributed by atoms with Crippen LogP contribution in [-0.2, 0) is 0 Å². The molecule has 96 valence electrons. The fraction of sp³-hybridized carbons (Fsp3) is 0. The van der Waals surface area contributed by atoms with E-state index in [1.807, 2.05) is 0 Å². The molecule has 0 aliphatic rings. The van der Waals surface area contributed by atoms with Crippen molar-refractivity contribution in [2.75, 3.05) is 5.43 Å². The second-order valence-electron chi connectivity index (χ2n) is 3.59. The molecule has 0 saturated carbocycles. The summed E-state index contributed by atoms with van der Waals surface area (Å²) in [6.07, 6.45) is 0. The van der Waals surface area contributed by atoms with Gasteiger partial charge in [0.1, 0.15) is 5.82 Å². The molecule has 0 fully saturated rings.